The van der Waals surface area contributed by atoms with Crippen molar-refractivity contribution >= 4 is 22.3 Å². The number of aromatic nitrogens is 1. The molecule has 0 saturated carbocycles. The van der Waals surface area contributed by atoms with Gasteiger partial charge in [0.2, 0.25) is 0 Å². The van der Waals surface area contributed by atoms with Crippen LogP contribution in [0.4, 0.5) is 11.4 Å². The highest BCUT2D eigenvalue weighted by Gasteiger charge is 2.17. The summed E-state index contributed by atoms with van der Waals surface area (Å²) in [6.07, 6.45) is 1.87. The molecule has 1 heterocycles. The second-order valence-electron chi connectivity index (χ2n) is 5.78. The van der Waals surface area contributed by atoms with Gasteiger partial charge < -0.3 is 10.4 Å². The van der Waals surface area contributed by atoms with Crippen LogP contribution >= 0.6 is 0 Å². The van der Waals surface area contributed by atoms with Crippen molar-refractivity contribution in [3.8, 4) is 6.07 Å². The van der Waals surface area contributed by atoms with Crippen molar-refractivity contribution in [3.05, 3.63) is 76.0 Å². The summed E-state index contributed by atoms with van der Waals surface area (Å²) < 4.78 is 0. The maximum absolute atomic E-state index is 11.3. The third kappa shape index (κ3) is 3.61. The molecule has 130 valence electrons. The lowest BCUT2D eigenvalue weighted by Gasteiger charge is -2.20. The van der Waals surface area contributed by atoms with Crippen LogP contribution < -0.4 is 5.32 Å². The number of benzene rings is 2. The molecule has 0 bridgehead atoms. The molecule has 0 fully saturated rings. The first kappa shape index (κ1) is 17.3. The molecule has 0 aliphatic rings. The van der Waals surface area contributed by atoms with Gasteiger partial charge in [-0.25, -0.2) is 0 Å². The van der Waals surface area contributed by atoms with E-state index in [0.717, 1.165) is 5.56 Å². The van der Waals surface area contributed by atoms with Gasteiger partial charge in [0.25, 0.3) is 5.69 Å². The zero-order chi connectivity index (χ0) is 18.5. The first-order chi connectivity index (χ1) is 12.6. The van der Waals surface area contributed by atoms with Crippen LogP contribution in [0.15, 0.2) is 54.7 Å². The predicted molar refractivity (Wildman–Crippen MR) is 97.6 cm³/mol. The molecule has 0 amide bonds. The average molecular weight is 348 g/mol. The summed E-state index contributed by atoms with van der Waals surface area (Å²) in [5, 5.41) is 33.5. The molecule has 3 rings (SSSR count). The third-order valence-corrected chi connectivity index (χ3v) is 4.06. The molecule has 0 unspecified atom stereocenters. The van der Waals surface area contributed by atoms with Crippen molar-refractivity contribution in [1.29, 1.82) is 5.26 Å². The Kier molecular flexibility index (Phi) is 5.06. The number of nitrogens with zero attached hydrogens (tertiary/aromatic N) is 3. The molecule has 0 spiro atoms. The Morgan fingerprint density at radius 2 is 2.04 bits per heavy atom. The van der Waals surface area contributed by atoms with Gasteiger partial charge in [0.05, 0.1) is 27.7 Å². The number of nitro benzene ring substituents is 1. The third-order valence-electron chi connectivity index (χ3n) is 4.06. The molecule has 1 atom stereocenters. The van der Waals surface area contributed by atoms with Crippen LogP contribution in [0.5, 0.6) is 0 Å². The van der Waals surface area contributed by atoms with E-state index < -0.39 is 4.92 Å². The number of nitro groups is 1. The van der Waals surface area contributed by atoms with Crippen molar-refractivity contribution in [3.63, 3.8) is 0 Å². The molecule has 7 nitrogen and oxygen atoms in total. The number of nitriles is 1. The molecule has 0 saturated heterocycles. The zero-order valence-corrected chi connectivity index (χ0v) is 13.8. The highest BCUT2D eigenvalue weighted by Crippen LogP contribution is 2.32. The number of aliphatic hydroxyl groups is 1. The summed E-state index contributed by atoms with van der Waals surface area (Å²) in [5.41, 5.74) is 2.22. The van der Waals surface area contributed by atoms with Gasteiger partial charge in [-0.15, -0.1) is 0 Å². The number of hydrogen-bond acceptors (Lipinski definition) is 6. The normalized spacial score (nSPS) is 11.7. The number of hydrogen-bond donors (Lipinski definition) is 2. The Morgan fingerprint density at radius 1 is 1.27 bits per heavy atom. The summed E-state index contributed by atoms with van der Waals surface area (Å²) in [6, 6.07) is 15.7. The number of pyridine rings is 1. The van der Waals surface area contributed by atoms with Gasteiger partial charge >= 0.3 is 0 Å². The summed E-state index contributed by atoms with van der Waals surface area (Å²) >= 11 is 0. The molecule has 26 heavy (non-hydrogen) atoms. The maximum Gasteiger partial charge on any atom is 0.272 e. The van der Waals surface area contributed by atoms with Gasteiger partial charge in [0, 0.05) is 30.3 Å². The summed E-state index contributed by atoms with van der Waals surface area (Å²) in [5.74, 6) is 0. The molecule has 1 aromatic heterocycles. The Hall–Kier alpha value is -3.50. The van der Waals surface area contributed by atoms with E-state index in [4.69, 9.17) is 5.26 Å². The maximum atomic E-state index is 11.3. The summed E-state index contributed by atoms with van der Waals surface area (Å²) in [7, 11) is 0. The first-order valence-corrected chi connectivity index (χ1v) is 8.03. The molecule has 2 N–H and O–H groups in total. The lowest BCUT2D eigenvalue weighted by atomic mass is 10.0. The lowest BCUT2D eigenvalue weighted by molar-refractivity contribution is -0.384. The van der Waals surface area contributed by atoms with E-state index in [-0.39, 0.29) is 18.3 Å². The molecule has 3 aromatic rings. The highest BCUT2D eigenvalue weighted by molar-refractivity contribution is 5.93. The number of fused-ring (bicyclic) bond motifs is 1. The van der Waals surface area contributed by atoms with Crippen LogP contribution in [0.25, 0.3) is 10.9 Å². The van der Waals surface area contributed by atoms with E-state index in [1.54, 1.807) is 6.07 Å². The molecular formula is C19H16N4O3. The Bertz CT molecular complexity index is 983. The van der Waals surface area contributed by atoms with Crippen LogP contribution in [-0.4, -0.2) is 21.6 Å². The van der Waals surface area contributed by atoms with Gasteiger partial charge in [-0.1, -0.05) is 30.3 Å². The van der Waals surface area contributed by atoms with Crippen molar-refractivity contribution < 1.29 is 10.0 Å². The van der Waals surface area contributed by atoms with Gasteiger partial charge in [-0.2, -0.15) is 5.26 Å². The van der Waals surface area contributed by atoms with Crippen molar-refractivity contribution in [2.24, 2.45) is 0 Å². The fourth-order valence-corrected chi connectivity index (χ4v) is 2.83. The van der Waals surface area contributed by atoms with Crippen LogP contribution in [0.3, 0.4) is 0 Å². The van der Waals surface area contributed by atoms with Crippen molar-refractivity contribution in [2.75, 3.05) is 11.9 Å². The average Bonchev–Trinajstić information content (AvgIpc) is 2.67. The second-order valence-corrected chi connectivity index (χ2v) is 5.78. The van der Waals surface area contributed by atoms with Gasteiger partial charge in [-0.05, 0) is 18.1 Å². The minimum atomic E-state index is -0.479. The second kappa shape index (κ2) is 7.59. The SMILES string of the molecule is N#Cc1cnc2c(N[C@H](CCO)c3ccccc3)cc([N+](=O)[O-])cc2c1. The molecular weight excluding hydrogens is 332 g/mol. The van der Waals surface area contributed by atoms with E-state index in [2.05, 4.69) is 10.3 Å². The Morgan fingerprint density at radius 3 is 2.69 bits per heavy atom. The number of non-ortho nitro benzene ring substituents is 1. The molecule has 0 aliphatic heterocycles. The van der Waals surface area contributed by atoms with Crippen LogP contribution in [0.1, 0.15) is 23.6 Å². The van der Waals surface area contributed by atoms with E-state index in [0.29, 0.717) is 28.6 Å². The molecule has 0 aliphatic carbocycles. The fourth-order valence-electron chi connectivity index (χ4n) is 2.83. The molecule has 0 radical (unpaired) electrons. The van der Waals surface area contributed by atoms with Gasteiger partial charge in [0.1, 0.15) is 6.07 Å². The Balaban J connectivity index is 2.10. The van der Waals surface area contributed by atoms with Crippen molar-refractivity contribution in [2.45, 2.75) is 12.5 Å². The quantitative estimate of drug-likeness (QED) is 0.520. The van der Waals surface area contributed by atoms with Gasteiger partial charge in [-0.3, -0.25) is 15.1 Å². The van der Waals surface area contributed by atoms with Crippen LogP contribution in [0.2, 0.25) is 0 Å². The molecule has 2 aromatic carbocycles. The lowest BCUT2D eigenvalue weighted by Crippen LogP contribution is -2.13. The van der Waals surface area contributed by atoms with Crippen molar-refractivity contribution in [1.82, 2.24) is 4.98 Å². The fraction of sp³-hybridized carbons (Fsp3) is 0.158. The number of aliphatic hydroxyl groups excluding tert-OH is 1. The Labute approximate surface area is 149 Å². The highest BCUT2D eigenvalue weighted by atomic mass is 16.6. The van der Waals surface area contributed by atoms with E-state index >= 15 is 0 Å². The largest absolute Gasteiger partial charge is 0.396 e. The van der Waals surface area contributed by atoms with E-state index in [1.807, 2.05) is 36.4 Å². The summed E-state index contributed by atoms with van der Waals surface area (Å²) in [6.45, 7) is -0.0363. The zero-order valence-electron chi connectivity index (χ0n) is 13.8. The van der Waals surface area contributed by atoms with E-state index in [1.165, 1.54) is 18.3 Å². The topological polar surface area (TPSA) is 112 Å². The minimum Gasteiger partial charge on any atom is -0.396 e. The predicted octanol–water partition coefficient (Wildman–Crippen LogP) is 3.55. The van der Waals surface area contributed by atoms with Crippen LogP contribution in [-0.2, 0) is 0 Å². The van der Waals surface area contributed by atoms with Crippen LogP contribution in [0, 0.1) is 21.4 Å². The van der Waals surface area contributed by atoms with E-state index in [9.17, 15) is 15.2 Å². The molecule has 7 heteroatoms. The smallest absolute Gasteiger partial charge is 0.272 e. The first-order valence-electron chi connectivity index (χ1n) is 8.03. The monoisotopic (exact) mass is 348 g/mol. The number of rotatable bonds is 6. The minimum absolute atomic E-state index is 0.0363. The number of anilines is 1. The standard InChI is InChI=1S/C19H16N4O3/c20-11-13-8-15-9-16(23(25)26)10-18(19(15)21-12-13)22-17(6-7-24)14-4-2-1-3-5-14/h1-5,8-10,12,17,22,24H,6-7H2/t17-/m1/s1. The summed E-state index contributed by atoms with van der Waals surface area (Å²) in [4.78, 5) is 15.1. The van der Waals surface area contributed by atoms with Gasteiger partial charge in [0.15, 0.2) is 0 Å². The number of nitrogens with one attached hydrogen (secondary N) is 1.